The van der Waals surface area contributed by atoms with Crippen LogP contribution in [-0.4, -0.2) is 18.5 Å². The maximum absolute atomic E-state index is 12.0. The van der Waals surface area contributed by atoms with Crippen LogP contribution in [0.15, 0.2) is 28.7 Å². The number of hydrogen-bond donors (Lipinski definition) is 2. The zero-order valence-electron chi connectivity index (χ0n) is 9.87. The summed E-state index contributed by atoms with van der Waals surface area (Å²) in [6.45, 7) is 3.12. The fraction of sp³-hybridized carbons (Fsp3) is 0.462. The lowest BCUT2D eigenvalue weighted by Gasteiger charge is -2.27. The van der Waals surface area contributed by atoms with E-state index in [4.69, 9.17) is 0 Å². The number of carbonyl (C=O) groups is 1. The monoisotopic (exact) mass is 296 g/mol. The van der Waals surface area contributed by atoms with Crippen LogP contribution in [0, 0.1) is 5.92 Å². The molecule has 2 N–H and O–H groups in total. The Morgan fingerprint density at radius 3 is 3.06 bits per heavy atom. The Kier molecular flexibility index (Phi) is 4.18. The number of anilines is 1. The van der Waals surface area contributed by atoms with Gasteiger partial charge in [-0.25, -0.2) is 0 Å². The molecule has 0 bridgehead atoms. The fourth-order valence-electron chi connectivity index (χ4n) is 2.10. The largest absolute Gasteiger partial charge is 0.325 e. The first-order valence-electron chi connectivity index (χ1n) is 5.95. The summed E-state index contributed by atoms with van der Waals surface area (Å²) in [5.41, 5.74) is 0.837. The average molecular weight is 297 g/mol. The van der Waals surface area contributed by atoms with Crippen LogP contribution < -0.4 is 10.6 Å². The first-order chi connectivity index (χ1) is 8.15. The topological polar surface area (TPSA) is 41.1 Å². The summed E-state index contributed by atoms with van der Waals surface area (Å²) in [6.07, 6.45) is 2.07. The molecular formula is C13H17BrN2O. The molecule has 1 fully saturated rings. The highest BCUT2D eigenvalue weighted by Crippen LogP contribution is 2.18. The van der Waals surface area contributed by atoms with Crippen molar-refractivity contribution in [3.05, 3.63) is 28.7 Å². The molecule has 3 nitrogen and oxygen atoms in total. The number of hydrogen-bond acceptors (Lipinski definition) is 2. The Bertz CT molecular complexity index is 408. The molecule has 0 saturated carbocycles. The van der Waals surface area contributed by atoms with Gasteiger partial charge in [0.05, 0.1) is 6.04 Å². The van der Waals surface area contributed by atoms with E-state index in [1.165, 1.54) is 0 Å². The molecule has 1 aliphatic rings. The van der Waals surface area contributed by atoms with E-state index < -0.39 is 0 Å². The molecule has 92 valence electrons. The summed E-state index contributed by atoms with van der Waals surface area (Å²) in [6, 6.07) is 7.60. The van der Waals surface area contributed by atoms with E-state index in [1.54, 1.807) is 0 Å². The molecule has 1 aliphatic heterocycles. The van der Waals surface area contributed by atoms with Gasteiger partial charge in [-0.3, -0.25) is 4.79 Å². The summed E-state index contributed by atoms with van der Waals surface area (Å²) in [4.78, 5) is 12.0. The highest BCUT2D eigenvalue weighted by molar-refractivity contribution is 9.10. The van der Waals surface area contributed by atoms with Crippen LogP contribution in [-0.2, 0) is 4.79 Å². The van der Waals surface area contributed by atoms with Gasteiger partial charge in [0.15, 0.2) is 0 Å². The predicted octanol–water partition coefficient (Wildman–Crippen LogP) is 2.78. The van der Waals surface area contributed by atoms with Crippen LogP contribution in [0.4, 0.5) is 5.69 Å². The lowest BCUT2D eigenvalue weighted by Crippen LogP contribution is -2.45. The zero-order chi connectivity index (χ0) is 12.3. The second-order valence-electron chi connectivity index (χ2n) is 4.64. The molecule has 2 unspecified atom stereocenters. The zero-order valence-corrected chi connectivity index (χ0v) is 11.5. The third-order valence-corrected chi connectivity index (χ3v) is 3.57. The molecule has 1 amide bonds. The molecule has 1 aromatic rings. The van der Waals surface area contributed by atoms with Crippen molar-refractivity contribution in [2.24, 2.45) is 5.92 Å². The molecule has 0 aromatic heterocycles. The minimum absolute atomic E-state index is 0.0577. The fourth-order valence-corrected chi connectivity index (χ4v) is 2.50. The van der Waals surface area contributed by atoms with Gasteiger partial charge in [-0.15, -0.1) is 0 Å². The van der Waals surface area contributed by atoms with E-state index in [0.29, 0.717) is 5.92 Å². The second-order valence-corrected chi connectivity index (χ2v) is 5.55. The maximum Gasteiger partial charge on any atom is 0.241 e. The standard InChI is InChI=1S/C13H17BrN2O/c1-9-5-6-15-12(7-9)13(17)16-11-4-2-3-10(14)8-11/h2-4,8-9,12,15H,5-7H2,1H3,(H,16,17). The quantitative estimate of drug-likeness (QED) is 0.881. The summed E-state index contributed by atoms with van der Waals surface area (Å²) in [5, 5.41) is 6.20. The van der Waals surface area contributed by atoms with Crippen molar-refractivity contribution in [1.29, 1.82) is 0 Å². The van der Waals surface area contributed by atoms with Crippen LogP contribution >= 0.6 is 15.9 Å². The van der Waals surface area contributed by atoms with Crippen molar-refractivity contribution in [3.63, 3.8) is 0 Å². The van der Waals surface area contributed by atoms with Gasteiger partial charge in [-0.2, -0.15) is 0 Å². The second kappa shape index (κ2) is 5.65. The molecule has 2 atom stereocenters. The highest BCUT2D eigenvalue weighted by Gasteiger charge is 2.24. The van der Waals surface area contributed by atoms with E-state index in [1.807, 2.05) is 24.3 Å². The molecule has 17 heavy (non-hydrogen) atoms. The van der Waals surface area contributed by atoms with Gasteiger partial charge in [0.1, 0.15) is 0 Å². The minimum atomic E-state index is -0.0577. The van der Waals surface area contributed by atoms with Gasteiger partial charge in [0.25, 0.3) is 0 Å². The Morgan fingerprint density at radius 2 is 2.35 bits per heavy atom. The smallest absolute Gasteiger partial charge is 0.241 e. The minimum Gasteiger partial charge on any atom is -0.325 e. The average Bonchev–Trinajstić information content (AvgIpc) is 2.29. The van der Waals surface area contributed by atoms with Crippen molar-refractivity contribution in [2.75, 3.05) is 11.9 Å². The van der Waals surface area contributed by atoms with Gasteiger partial charge in [0, 0.05) is 10.2 Å². The van der Waals surface area contributed by atoms with E-state index in [0.717, 1.165) is 29.5 Å². The number of benzene rings is 1. The number of nitrogens with one attached hydrogen (secondary N) is 2. The summed E-state index contributed by atoms with van der Waals surface area (Å²) < 4.78 is 0.972. The van der Waals surface area contributed by atoms with Gasteiger partial charge in [-0.05, 0) is 43.5 Å². The van der Waals surface area contributed by atoms with E-state index >= 15 is 0 Å². The third-order valence-electron chi connectivity index (χ3n) is 3.07. The number of piperidine rings is 1. The predicted molar refractivity (Wildman–Crippen MR) is 73.0 cm³/mol. The Labute approximate surface area is 110 Å². The van der Waals surface area contributed by atoms with Gasteiger partial charge < -0.3 is 10.6 Å². The van der Waals surface area contributed by atoms with Crippen LogP contribution in [0.3, 0.4) is 0 Å². The molecule has 1 heterocycles. The Morgan fingerprint density at radius 1 is 1.53 bits per heavy atom. The van der Waals surface area contributed by atoms with E-state index in [2.05, 4.69) is 33.5 Å². The summed E-state index contributed by atoms with van der Waals surface area (Å²) >= 11 is 3.39. The van der Waals surface area contributed by atoms with Gasteiger partial charge in [-0.1, -0.05) is 28.9 Å². The van der Waals surface area contributed by atoms with Crippen LogP contribution in [0.25, 0.3) is 0 Å². The van der Waals surface area contributed by atoms with E-state index in [-0.39, 0.29) is 11.9 Å². The van der Waals surface area contributed by atoms with Gasteiger partial charge in [0.2, 0.25) is 5.91 Å². The Hall–Kier alpha value is -0.870. The highest BCUT2D eigenvalue weighted by atomic mass is 79.9. The van der Waals surface area contributed by atoms with E-state index in [9.17, 15) is 4.79 Å². The van der Waals surface area contributed by atoms with Crippen LogP contribution in [0.2, 0.25) is 0 Å². The first kappa shape index (κ1) is 12.6. The number of halogens is 1. The molecule has 1 saturated heterocycles. The Balaban J connectivity index is 1.96. The number of amides is 1. The molecule has 4 heteroatoms. The number of rotatable bonds is 2. The van der Waals surface area contributed by atoms with Crippen molar-refractivity contribution in [3.8, 4) is 0 Å². The maximum atomic E-state index is 12.0. The first-order valence-corrected chi connectivity index (χ1v) is 6.74. The molecule has 1 aromatic carbocycles. The summed E-state index contributed by atoms with van der Waals surface area (Å²) in [7, 11) is 0. The lowest BCUT2D eigenvalue weighted by molar-refractivity contribution is -0.119. The third kappa shape index (κ3) is 3.54. The van der Waals surface area contributed by atoms with Crippen LogP contribution in [0.1, 0.15) is 19.8 Å². The molecule has 0 spiro atoms. The summed E-state index contributed by atoms with van der Waals surface area (Å²) in [5.74, 6) is 0.684. The molecule has 2 rings (SSSR count). The van der Waals surface area contributed by atoms with Crippen LogP contribution in [0.5, 0.6) is 0 Å². The molecular weight excluding hydrogens is 280 g/mol. The number of carbonyl (C=O) groups excluding carboxylic acids is 1. The van der Waals surface area contributed by atoms with Crippen molar-refractivity contribution in [2.45, 2.75) is 25.8 Å². The van der Waals surface area contributed by atoms with Crippen molar-refractivity contribution in [1.82, 2.24) is 5.32 Å². The lowest BCUT2D eigenvalue weighted by atomic mass is 9.94. The SMILES string of the molecule is CC1CCNC(C(=O)Nc2cccc(Br)c2)C1. The molecule has 0 radical (unpaired) electrons. The molecule has 0 aliphatic carbocycles. The van der Waals surface area contributed by atoms with Crippen molar-refractivity contribution >= 4 is 27.5 Å². The van der Waals surface area contributed by atoms with Crippen molar-refractivity contribution < 1.29 is 4.79 Å². The normalized spacial score (nSPS) is 24.4. The van der Waals surface area contributed by atoms with Gasteiger partial charge >= 0.3 is 0 Å².